The van der Waals surface area contributed by atoms with Crippen molar-refractivity contribution in [1.29, 1.82) is 0 Å². The first-order valence-corrected chi connectivity index (χ1v) is 17.6. The van der Waals surface area contributed by atoms with Gasteiger partial charge in [-0.15, -0.1) is 0 Å². The van der Waals surface area contributed by atoms with Crippen LogP contribution in [0.4, 0.5) is 0 Å². The van der Waals surface area contributed by atoms with Crippen LogP contribution in [0, 0.1) is 6.92 Å². The topological polar surface area (TPSA) is 54.3 Å². The lowest BCUT2D eigenvalue weighted by atomic mass is 9.97. The van der Waals surface area contributed by atoms with Crippen molar-refractivity contribution in [3.8, 4) is 22.3 Å². The molecule has 0 saturated carbocycles. The Labute approximate surface area is 276 Å². The number of aryl methyl sites for hydroxylation is 2. The van der Waals surface area contributed by atoms with Gasteiger partial charge < -0.3 is 9.39 Å². The summed E-state index contributed by atoms with van der Waals surface area (Å²) < 4.78 is 16.4. The van der Waals surface area contributed by atoms with Crippen molar-refractivity contribution >= 4 is 51.4 Å². The number of unbranched alkanes of at least 4 members (excludes halogenated alkanes) is 2. The molecule has 224 valence electrons. The molecule has 0 amide bonds. The molecule has 4 rings (SSSR count). The molecule has 0 radical (unpaired) electrons. The number of halogens is 2. The van der Waals surface area contributed by atoms with E-state index < -0.39 is 11.2 Å². The van der Waals surface area contributed by atoms with E-state index >= 15 is 0 Å². The Kier molecular flexibility index (Phi) is 13.0. The van der Waals surface area contributed by atoms with Crippen molar-refractivity contribution in [2.24, 2.45) is 0 Å². The maximum absolute atomic E-state index is 14.1. The van der Waals surface area contributed by atoms with Gasteiger partial charge >= 0.3 is 0 Å². The number of benzene rings is 3. The Hall–Kier alpha value is -2.78. The Balaban J connectivity index is 1.71. The molecule has 0 saturated heterocycles. The van der Waals surface area contributed by atoms with Crippen LogP contribution in [-0.2, 0) is 17.6 Å². The predicted octanol–water partition coefficient (Wildman–Crippen LogP) is 9.41. The number of hydrogen-bond acceptors (Lipinski definition) is 3. The first-order valence-electron chi connectivity index (χ1n) is 14.5. The second kappa shape index (κ2) is 16.9. The van der Waals surface area contributed by atoms with E-state index in [4.69, 9.17) is 16.4 Å². The third-order valence-corrected chi connectivity index (χ3v) is 9.22. The molecule has 0 aliphatic carbocycles. The van der Waals surface area contributed by atoms with Gasteiger partial charge in [0.05, 0.1) is 12.4 Å². The summed E-state index contributed by atoms with van der Waals surface area (Å²) in [5, 5.41) is 0. The molecule has 7 heteroatoms. The van der Waals surface area contributed by atoms with Crippen LogP contribution in [0.2, 0.25) is 0 Å². The molecule has 4 aromatic rings. The zero-order valence-corrected chi connectivity index (χ0v) is 28.3. The predicted molar refractivity (Wildman–Crippen MR) is 190 cm³/mol. The van der Waals surface area contributed by atoms with E-state index in [9.17, 15) is 9.35 Å². The molecule has 4 nitrogen and oxygen atoms in total. The van der Waals surface area contributed by atoms with Crippen molar-refractivity contribution < 1.29 is 9.39 Å². The standard InChI is InChI=1S/C36H37ClINO3S/c1-3-42-39-25-34(30-13-10-12-28(21-30)11-8-6-4-5-7-9-20-38)36(40)35(26-39)31-22-29(18-19-37)23-33(24-31)43(41)32-16-14-27(2)15-17-32/h4-5,10,12-19,21-26H,3,6-9,11,20H2,1-2H3/b5-4+,19-18+. The lowest BCUT2D eigenvalue weighted by Crippen LogP contribution is -2.18. The van der Waals surface area contributed by atoms with Crippen LogP contribution >= 0.6 is 34.2 Å². The van der Waals surface area contributed by atoms with E-state index in [1.807, 2.05) is 68.4 Å². The highest BCUT2D eigenvalue weighted by Gasteiger charge is 2.19. The van der Waals surface area contributed by atoms with Crippen LogP contribution in [0.25, 0.3) is 28.3 Å². The zero-order chi connectivity index (χ0) is 30.6. The second-order valence-corrected chi connectivity index (χ2v) is 13.1. The minimum atomic E-state index is -1.44. The van der Waals surface area contributed by atoms with Crippen LogP contribution < -0.4 is 10.3 Å². The summed E-state index contributed by atoms with van der Waals surface area (Å²) in [5.41, 5.74) is 6.83. The van der Waals surface area contributed by atoms with Crippen LogP contribution in [0.5, 0.6) is 0 Å². The third kappa shape index (κ3) is 9.35. The maximum atomic E-state index is 14.1. The van der Waals surface area contributed by atoms with E-state index in [0.29, 0.717) is 33.1 Å². The van der Waals surface area contributed by atoms with Crippen molar-refractivity contribution in [1.82, 2.24) is 4.73 Å². The van der Waals surface area contributed by atoms with E-state index in [1.165, 1.54) is 21.9 Å². The molecular weight excluding hydrogens is 689 g/mol. The van der Waals surface area contributed by atoms with E-state index in [-0.39, 0.29) is 5.43 Å². The van der Waals surface area contributed by atoms with Crippen LogP contribution in [-0.4, -0.2) is 20.3 Å². The third-order valence-electron chi connectivity index (χ3n) is 6.97. The molecular formula is C36H37ClINO3S. The summed E-state index contributed by atoms with van der Waals surface area (Å²) in [5.74, 6) is 0. The molecule has 1 atom stereocenters. The van der Waals surface area contributed by atoms with Crippen molar-refractivity contribution in [3.63, 3.8) is 0 Å². The summed E-state index contributed by atoms with van der Waals surface area (Å²) in [6.07, 6.45) is 15.1. The molecule has 0 bridgehead atoms. The molecule has 1 aromatic heterocycles. The second-order valence-electron chi connectivity index (χ2n) is 10.3. The van der Waals surface area contributed by atoms with Crippen molar-refractivity contribution in [3.05, 3.63) is 124 Å². The fourth-order valence-electron chi connectivity index (χ4n) is 4.79. The van der Waals surface area contributed by atoms with Gasteiger partial charge in [-0.2, -0.15) is 4.73 Å². The molecule has 1 unspecified atom stereocenters. The highest BCUT2D eigenvalue weighted by atomic mass is 127. The van der Waals surface area contributed by atoms with Gasteiger partial charge in [-0.3, -0.25) is 4.79 Å². The van der Waals surface area contributed by atoms with Gasteiger partial charge in [-0.05, 0) is 96.9 Å². The van der Waals surface area contributed by atoms with E-state index in [0.717, 1.165) is 42.4 Å². The average molecular weight is 726 g/mol. The lowest BCUT2D eigenvalue weighted by Gasteiger charge is -2.15. The zero-order valence-electron chi connectivity index (χ0n) is 24.6. The number of nitrogens with zero attached hydrogens (tertiary/aromatic N) is 1. The summed E-state index contributed by atoms with van der Waals surface area (Å²) in [7, 11) is 0. The Bertz CT molecular complexity index is 1610. The number of pyridine rings is 1. The van der Waals surface area contributed by atoms with Gasteiger partial charge in [0.1, 0.15) is 6.61 Å². The van der Waals surface area contributed by atoms with Crippen molar-refractivity contribution in [2.75, 3.05) is 11.0 Å². The Morgan fingerprint density at radius 1 is 0.930 bits per heavy atom. The molecule has 0 spiro atoms. The fourth-order valence-corrected chi connectivity index (χ4v) is 6.51. The number of alkyl halides is 1. The highest BCUT2D eigenvalue weighted by molar-refractivity contribution is 14.1. The van der Waals surface area contributed by atoms with Gasteiger partial charge in [0.15, 0.2) is 15.2 Å². The number of allylic oxidation sites excluding steroid dienone is 2. The fraction of sp³-hybridized carbons (Fsp3) is 0.250. The number of aromatic nitrogens is 1. The van der Waals surface area contributed by atoms with Crippen LogP contribution in [0.15, 0.2) is 111 Å². The molecule has 1 heterocycles. The molecule has 0 N–H and O–H groups in total. The van der Waals surface area contributed by atoms with Crippen LogP contribution in [0.1, 0.15) is 49.3 Å². The van der Waals surface area contributed by atoms with Gasteiger partial charge in [-0.25, -0.2) is 0 Å². The maximum Gasteiger partial charge on any atom is 0.197 e. The molecule has 3 aromatic carbocycles. The highest BCUT2D eigenvalue weighted by Crippen LogP contribution is 2.29. The molecule has 0 aliphatic heterocycles. The SMILES string of the molecule is CCOn1cc(-c2cccc(CCC/C=C/CCCI)c2)c(=O)c(-c2cc(/C=C/Cl)cc([S+]([O-])c3ccc(C)cc3)c2)c1. The smallest absolute Gasteiger partial charge is 0.197 e. The first kappa shape index (κ1) is 33.1. The normalized spacial score (nSPS) is 12.3. The quantitative estimate of drug-likeness (QED) is 0.0428. The van der Waals surface area contributed by atoms with Crippen LogP contribution in [0.3, 0.4) is 0 Å². The number of rotatable bonds is 14. The average Bonchev–Trinajstić information content (AvgIpc) is 3.01. The van der Waals surface area contributed by atoms with Crippen molar-refractivity contribution in [2.45, 2.75) is 55.7 Å². The molecule has 0 aliphatic rings. The summed E-state index contributed by atoms with van der Waals surface area (Å²) in [4.78, 5) is 21.2. The Morgan fingerprint density at radius 2 is 1.65 bits per heavy atom. The summed E-state index contributed by atoms with van der Waals surface area (Å²) in [6, 6.07) is 21.4. The van der Waals surface area contributed by atoms with Gasteiger partial charge in [0.25, 0.3) is 0 Å². The summed E-state index contributed by atoms with van der Waals surface area (Å²) in [6.45, 7) is 4.34. The first-order chi connectivity index (χ1) is 20.9. The van der Waals surface area contributed by atoms with Gasteiger partial charge in [0.2, 0.25) is 0 Å². The minimum Gasteiger partial charge on any atom is -0.606 e. The summed E-state index contributed by atoms with van der Waals surface area (Å²) >= 11 is 6.92. The molecule has 43 heavy (non-hydrogen) atoms. The number of hydrogen-bond donors (Lipinski definition) is 0. The Morgan fingerprint density at radius 3 is 2.35 bits per heavy atom. The van der Waals surface area contributed by atoms with Gasteiger partial charge in [0, 0.05) is 40.0 Å². The monoisotopic (exact) mass is 725 g/mol. The molecule has 0 fully saturated rings. The van der Waals surface area contributed by atoms with E-state index in [1.54, 1.807) is 23.2 Å². The largest absolute Gasteiger partial charge is 0.606 e. The lowest BCUT2D eigenvalue weighted by molar-refractivity contribution is 0.121. The van der Waals surface area contributed by atoms with E-state index in [2.05, 4.69) is 46.9 Å². The van der Waals surface area contributed by atoms with Gasteiger partial charge in [-0.1, -0.05) is 88.3 Å². The minimum absolute atomic E-state index is 0.120.